The number of amides is 1. The van der Waals surface area contributed by atoms with Gasteiger partial charge in [0, 0.05) is 6.04 Å². The molecule has 1 saturated heterocycles. The zero-order chi connectivity index (χ0) is 21.0. The van der Waals surface area contributed by atoms with Crippen LogP contribution in [0.1, 0.15) is 38.8 Å². The number of hydrogen-bond acceptors (Lipinski definition) is 4. The minimum absolute atomic E-state index is 0.00371. The lowest BCUT2D eigenvalue weighted by atomic mass is 10.2. The Morgan fingerprint density at radius 1 is 1.03 bits per heavy atom. The largest absolute Gasteiger partial charge is 0.493 e. The van der Waals surface area contributed by atoms with E-state index in [1.807, 2.05) is 75.4 Å². The van der Waals surface area contributed by atoms with E-state index >= 15 is 0 Å². The molecule has 3 rings (SSSR count). The van der Waals surface area contributed by atoms with E-state index in [-0.39, 0.29) is 11.9 Å². The van der Waals surface area contributed by atoms with E-state index in [0.717, 1.165) is 22.2 Å². The fourth-order valence-electron chi connectivity index (χ4n) is 2.82. The van der Waals surface area contributed by atoms with Crippen LogP contribution in [0.3, 0.4) is 0 Å². The summed E-state index contributed by atoms with van der Waals surface area (Å²) in [4.78, 5) is 20.1. The van der Waals surface area contributed by atoms with Crippen molar-refractivity contribution in [1.82, 2.24) is 4.90 Å². The first-order valence-corrected chi connectivity index (χ1v) is 10.8. The van der Waals surface area contributed by atoms with Gasteiger partial charge in [0.15, 0.2) is 5.17 Å². The van der Waals surface area contributed by atoms with Gasteiger partial charge in [0.05, 0.1) is 17.2 Å². The Morgan fingerprint density at radius 2 is 1.69 bits per heavy atom. The topological polar surface area (TPSA) is 41.9 Å². The fraction of sp³-hybridized carbons (Fsp3) is 0.333. The average molecular weight is 409 g/mol. The molecule has 0 aliphatic carbocycles. The number of amidine groups is 1. The molecule has 1 aliphatic heterocycles. The summed E-state index contributed by atoms with van der Waals surface area (Å²) in [5.41, 5.74) is 3.01. The zero-order valence-corrected chi connectivity index (χ0v) is 18.5. The molecule has 1 fully saturated rings. The third kappa shape index (κ3) is 5.51. The molecule has 1 amide bonds. The third-order valence-corrected chi connectivity index (χ3v) is 5.36. The van der Waals surface area contributed by atoms with Crippen molar-refractivity contribution < 1.29 is 9.53 Å². The van der Waals surface area contributed by atoms with E-state index in [9.17, 15) is 4.79 Å². The molecule has 0 radical (unpaired) electrons. The normalized spacial score (nSPS) is 17.2. The van der Waals surface area contributed by atoms with Crippen LogP contribution in [0.15, 0.2) is 58.4 Å². The lowest BCUT2D eigenvalue weighted by Gasteiger charge is -2.19. The standard InChI is InChI=1S/C24H28N2O2S/c1-16(2)15-28-21-12-8-19(9-13-21)14-22-23(27)26(17(3)4)24(29-22)25-20-10-6-18(5)7-11-20/h6-14,16-17H,15H2,1-5H3/b22-14+,25-24?. The van der Waals surface area contributed by atoms with Gasteiger partial charge < -0.3 is 4.74 Å². The summed E-state index contributed by atoms with van der Waals surface area (Å²) >= 11 is 1.42. The van der Waals surface area contributed by atoms with Crippen LogP contribution < -0.4 is 4.74 Å². The number of ether oxygens (including phenoxy) is 1. The minimum Gasteiger partial charge on any atom is -0.493 e. The molecule has 1 heterocycles. The first kappa shape index (κ1) is 21.2. The Balaban J connectivity index is 1.82. The monoisotopic (exact) mass is 408 g/mol. The second-order valence-electron chi connectivity index (χ2n) is 7.88. The highest BCUT2D eigenvalue weighted by Crippen LogP contribution is 2.35. The van der Waals surface area contributed by atoms with E-state index in [4.69, 9.17) is 9.73 Å². The number of aliphatic imine (C=N–C) groups is 1. The highest BCUT2D eigenvalue weighted by atomic mass is 32.2. The van der Waals surface area contributed by atoms with Gasteiger partial charge in [-0.25, -0.2) is 4.99 Å². The lowest BCUT2D eigenvalue weighted by molar-refractivity contribution is -0.123. The highest BCUT2D eigenvalue weighted by Gasteiger charge is 2.35. The van der Waals surface area contributed by atoms with Gasteiger partial charge in [-0.15, -0.1) is 0 Å². The van der Waals surface area contributed by atoms with Crippen LogP contribution in [0.5, 0.6) is 5.75 Å². The van der Waals surface area contributed by atoms with E-state index in [2.05, 4.69) is 13.8 Å². The molecule has 0 bridgehead atoms. The van der Waals surface area contributed by atoms with E-state index in [1.54, 1.807) is 4.90 Å². The number of thioether (sulfide) groups is 1. The van der Waals surface area contributed by atoms with Crippen molar-refractivity contribution in [2.45, 2.75) is 40.7 Å². The number of carbonyl (C=O) groups is 1. The summed E-state index contributed by atoms with van der Waals surface area (Å²) in [7, 11) is 0. The van der Waals surface area contributed by atoms with Crippen LogP contribution >= 0.6 is 11.8 Å². The second-order valence-corrected chi connectivity index (χ2v) is 8.89. The minimum atomic E-state index is -0.00371. The molecule has 0 N–H and O–H groups in total. The molecule has 1 aliphatic rings. The summed E-state index contributed by atoms with van der Waals surface area (Å²) in [5, 5.41) is 0.719. The van der Waals surface area contributed by atoms with Gasteiger partial charge in [-0.2, -0.15) is 0 Å². The number of hydrogen-bond donors (Lipinski definition) is 0. The maximum Gasteiger partial charge on any atom is 0.266 e. The van der Waals surface area contributed by atoms with Crippen LogP contribution in [0.25, 0.3) is 6.08 Å². The summed E-state index contributed by atoms with van der Waals surface area (Å²) in [6, 6.07) is 15.9. The summed E-state index contributed by atoms with van der Waals surface area (Å²) in [6.45, 7) is 11.0. The molecular weight excluding hydrogens is 380 g/mol. The van der Waals surface area contributed by atoms with E-state index in [0.29, 0.717) is 17.4 Å². The maximum atomic E-state index is 13.0. The van der Waals surface area contributed by atoms with Crippen LogP contribution in [-0.2, 0) is 4.79 Å². The molecular formula is C24H28N2O2S. The Kier molecular flexibility index (Phi) is 6.80. The molecule has 0 saturated carbocycles. The number of nitrogens with zero attached hydrogens (tertiary/aromatic N) is 2. The van der Waals surface area contributed by atoms with Crippen LogP contribution in [-0.4, -0.2) is 28.6 Å². The zero-order valence-electron chi connectivity index (χ0n) is 17.7. The smallest absolute Gasteiger partial charge is 0.266 e. The Bertz CT molecular complexity index is 913. The molecule has 29 heavy (non-hydrogen) atoms. The number of aryl methyl sites for hydroxylation is 1. The Morgan fingerprint density at radius 3 is 2.28 bits per heavy atom. The third-order valence-electron chi connectivity index (χ3n) is 4.37. The van der Waals surface area contributed by atoms with Crippen molar-refractivity contribution in [2.24, 2.45) is 10.9 Å². The van der Waals surface area contributed by atoms with E-state index in [1.165, 1.54) is 17.3 Å². The van der Waals surface area contributed by atoms with Gasteiger partial charge in [0.1, 0.15) is 5.75 Å². The van der Waals surface area contributed by atoms with Crippen molar-refractivity contribution in [2.75, 3.05) is 6.61 Å². The Labute approximate surface area is 177 Å². The summed E-state index contributed by atoms with van der Waals surface area (Å²) < 4.78 is 5.73. The van der Waals surface area contributed by atoms with Crippen molar-refractivity contribution in [3.63, 3.8) is 0 Å². The fourth-order valence-corrected chi connectivity index (χ4v) is 3.94. The first-order chi connectivity index (χ1) is 13.8. The van der Waals surface area contributed by atoms with Crippen LogP contribution in [0, 0.1) is 12.8 Å². The van der Waals surface area contributed by atoms with Gasteiger partial charge in [-0.1, -0.05) is 43.7 Å². The van der Waals surface area contributed by atoms with Crippen molar-refractivity contribution >= 4 is 34.6 Å². The van der Waals surface area contributed by atoms with Crippen molar-refractivity contribution in [1.29, 1.82) is 0 Å². The molecule has 0 spiro atoms. The first-order valence-electron chi connectivity index (χ1n) is 9.95. The SMILES string of the molecule is Cc1ccc(N=C2S/C(=C/c3ccc(OCC(C)C)cc3)C(=O)N2C(C)C)cc1. The van der Waals surface area contributed by atoms with Gasteiger partial charge in [-0.05, 0) is 74.4 Å². The predicted molar refractivity (Wildman–Crippen MR) is 123 cm³/mol. The summed E-state index contributed by atoms with van der Waals surface area (Å²) in [5.74, 6) is 1.32. The van der Waals surface area contributed by atoms with Crippen LogP contribution in [0.2, 0.25) is 0 Å². The predicted octanol–water partition coefficient (Wildman–Crippen LogP) is 6.04. The number of benzene rings is 2. The summed E-state index contributed by atoms with van der Waals surface area (Å²) in [6.07, 6.45) is 1.92. The second kappa shape index (κ2) is 9.31. The molecule has 152 valence electrons. The molecule has 0 aromatic heterocycles. The van der Waals surface area contributed by atoms with Gasteiger partial charge in [0.25, 0.3) is 5.91 Å². The van der Waals surface area contributed by atoms with E-state index < -0.39 is 0 Å². The lowest BCUT2D eigenvalue weighted by Crippen LogP contribution is -2.35. The maximum absolute atomic E-state index is 13.0. The molecule has 5 heteroatoms. The Hall–Kier alpha value is -2.53. The van der Waals surface area contributed by atoms with Crippen LogP contribution in [0.4, 0.5) is 5.69 Å². The van der Waals surface area contributed by atoms with Crippen molar-refractivity contribution in [3.8, 4) is 5.75 Å². The molecule has 2 aromatic rings. The van der Waals surface area contributed by atoms with Crippen molar-refractivity contribution in [3.05, 3.63) is 64.6 Å². The quantitative estimate of drug-likeness (QED) is 0.547. The number of carbonyl (C=O) groups excluding carboxylic acids is 1. The molecule has 4 nitrogen and oxygen atoms in total. The molecule has 0 unspecified atom stereocenters. The molecule has 0 atom stereocenters. The van der Waals surface area contributed by atoms with Gasteiger partial charge in [0.2, 0.25) is 0 Å². The number of rotatable bonds is 6. The van der Waals surface area contributed by atoms with Gasteiger partial charge >= 0.3 is 0 Å². The van der Waals surface area contributed by atoms with Gasteiger partial charge in [-0.3, -0.25) is 9.69 Å². The molecule has 2 aromatic carbocycles. The highest BCUT2D eigenvalue weighted by molar-refractivity contribution is 8.18. The average Bonchev–Trinajstić information content (AvgIpc) is 2.98.